The molecule has 0 aliphatic rings. The number of aromatic hydroxyl groups is 1. The van der Waals surface area contributed by atoms with Crippen molar-refractivity contribution in [3.8, 4) is 11.5 Å². The van der Waals surface area contributed by atoms with Gasteiger partial charge in [0.05, 0.1) is 17.0 Å². The van der Waals surface area contributed by atoms with Crippen LogP contribution < -0.4 is 20.8 Å². The van der Waals surface area contributed by atoms with Crippen LogP contribution in [-0.4, -0.2) is 34.6 Å². The normalized spacial score (nSPS) is 12.1. The monoisotopic (exact) mass is 511 g/mol. The molecule has 0 spiro atoms. The lowest BCUT2D eigenvalue weighted by molar-refractivity contribution is -0.308. The first-order valence-electron chi connectivity index (χ1n) is 11.4. The van der Waals surface area contributed by atoms with Crippen molar-refractivity contribution in [1.82, 2.24) is 10.3 Å². The third-order valence-electron chi connectivity index (χ3n) is 5.84. The topological polar surface area (TPSA) is 145 Å². The number of halogens is 1. The predicted molar refractivity (Wildman–Crippen MR) is 132 cm³/mol. The van der Waals surface area contributed by atoms with Crippen molar-refractivity contribution >= 4 is 45.3 Å². The number of aliphatic carboxylic acids is 1. The largest absolute Gasteiger partial charge is 0.548 e. The van der Waals surface area contributed by atoms with E-state index in [-0.39, 0.29) is 28.5 Å². The van der Waals surface area contributed by atoms with Crippen LogP contribution in [0.1, 0.15) is 30.9 Å². The van der Waals surface area contributed by atoms with E-state index < -0.39 is 30.2 Å². The summed E-state index contributed by atoms with van der Waals surface area (Å²) in [5, 5.41) is 25.3. The molecule has 0 radical (unpaired) electrons. The van der Waals surface area contributed by atoms with Crippen molar-refractivity contribution in [2.45, 2.75) is 38.6 Å². The average Bonchev–Trinajstić information content (AvgIpc) is 3.22. The summed E-state index contributed by atoms with van der Waals surface area (Å²) >= 11 is 6.35. The highest BCUT2D eigenvalue weighted by Gasteiger charge is 2.18. The zero-order chi connectivity index (χ0) is 25.8. The molecule has 0 aliphatic heterocycles. The number of H-pyrrole nitrogens is 1. The number of phenols is 1. The fourth-order valence-corrected chi connectivity index (χ4v) is 4.26. The van der Waals surface area contributed by atoms with E-state index in [0.29, 0.717) is 28.3 Å². The zero-order valence-corrected chi connectivity index (χ0v) is 20.2. The quantitative estimate of drug-likeness (QED) is 0.277. The number of aromatic nitrogens is 1. The van der Waals surface area contributed by atoms with Gasteiger partial charge in [-0.1, -0.05) is 24.9 Å². The molecule has 0 unspecified atom stereocenters. The molecule has 9 nitrogen and oxygen atoms in total. The maximum Gasteiger partial charge on any atom is 0.336 e. The number of aromatic amines is 1. The summed E-state index contributed by atoms with van der Waals surface area (Å²) in [6.07, 6.45) is 4.09. The van der Waals surface area contributed by atoms with Crippen LogP contribution in [0.25, 0.3) is 21.9 Å². The molecule has 1 atom stereocenters. The SMILES string of the molecule is CCCCc1cc(=O)oc2cc(OCC(=O)N[C@@H](Cc3c[nH]c4ccc(O)cc34)C(=O)[O-])c(Cl)cc12. The number of hydrogen-bond donors (Lipinski definition) is 3. The van der Waals surface area contributed by atoms with Crippen LogP contribution in [0.15, 0.2) is 51.8 Å². The van der Waals surface area contributed by atoms with Gasteiger partial charge in [-0.25, -0.2) is 4.79 Å². The lowest BCUT2D eigenvalue weighted by Crippen LogP contribution is -2.50. The molecule has 188 valence electrons. The van der Waals surface area contributed by atoms with Gasteiger partial charge in [0.1, 0.15) is 17.1 Å². The van der Waals surface area contributed by atoms with E-state index in [1.807, 2.05) is 6.92 Å². The maximum atomic E-state index is 12.5. The van der Waals surface area contributed by atoms with Crippen LogP contribution in [0.5, 0.6) is 11.5 Å². The van der Waals surface area contributed by atoms with Gasteiger partial charge in [-0.05, 0) is 48.2 Å². The molecule has 2 heterocycles. The molecule has 3 N–H and O–H groups in total. The number of rotatable bonds is 10. The minimum absolute atomic E-state index is 0.0337. The minimum Gasteiger partial charge on any atom is -0.548 e. The third kappa shape index (κ3) is 5.63. The number of hydrogen-bond acceptors (Lipinski definition) is 7. The lowest BCUT2D eigenvalue weighted by atomic mass is 10.0. The van der Waals surface area contributed by atoms with Gasteiger partial charge >= 0.3 is 5.63 Å². The number of ether oxygens (including phenoxy) is 1. The number of amides is 1. The summed E-state index contributed by atoms with van der Waals surface area (Å²) in [7, 11) is 0. The third-order valence-corrected chi connectivity index (χ3v) is 6.13. The Kier molecular flexibility index (Phi) is 7.49. The van der Waals surface area contributed by atoms with Crippen LogP contribution in [0.2, 0.25) is 5.02 Å². The average molecular weight is 512 g/mol. The first-order chi connectivity index (χ1) is 17.2. The van der Waals surface area contributed by atoms with Gasteiger partial charge in [0.15, 0.2) is 6.61 Å². The Hall–Kier alpha value is -3.98. The summed E-state index contributed by atoms with van der Waals surface area (Å²) < 4.78 is 10.8. The Morgan fingerprint density at radius 1 is 1.19 bits per heavy atom. The highest BCUT2D eigenvalue weighted by atomic mass is 35.5. The van der Waals surface area contributed by atoms with E-state index in [2.05, 4.69) is 10.3 Å². The standard InChI is InChI=1S/C26H25ClN2O7/c1-2-3-4-14-8-25(32)36-22-11-23(19(27)10-18(14)22)35-13-24(31)29-21(26(33)34)7-15-12-28-20-6-5-16(30)9-17(15)20/h5-6,8-12,21,28,30H,2-4,7,13H2,1H3,(H,29,31)(H,33,34)/p-1/t21-/m0/s1. The van der Waals surface area contributed by atoms with E-state index in [4.69, 9.17) is 20.8 Å². The number of carboxylic acids is 1. The van der Waals surface area contributed by atoms with Crippen molar-refractivity contribution in [2.75, 3.05) is 6.61 Å². The molecule has 2 aromatic carbocycles. The lowest BCUT2D eigenvalue weighted by Gasteiger charge is -2.20. The minimum atomic E-state index is -1.47. The van der Waals surface area contributed by atoms with Gasteiger partial charge in [-0.15, -0.1) is 0 Å². The van der Waals surface area contributed by atoms with Crippen molar-refractivity contribution in [1.29, 1.82) is 0 Å². The molecule has 2 aromatic heterocycles. The van der Waals surface area contributed by atoms with Crippen molar-refractivity contribution in [3.05, 3.63) is 69.2 Å². The summed E-state index contributed by atoms with van der Waals surface area (Å²) in [6.45, 7) is 1.53. The van der Waals surface area contributed by atoms with Crippen LogP contribution in [-0.2, 0) is 22.4 Å². The van der Waals surface area contributed by atoms with Gasteiger partial charge in [-0.3, -0.25) is 4.79 Å². The molecule has 10 heteroatoms. The Bertz CT molecular complexity index is 1490. The molecular formula is C26H24ClN2O7-. The summed E-state index contributed by atoms with van der Waals surface area (Å²) in [5.74, 6) is -2.03. The number of aryl methyl sites for hydroxylation is 1. The Morgan fingerprint density at radius 2 is 2.00 bits per heavy atom. The van der Waals surface area contributed by atoms with E-state index >= 15 is 0 Å². The van der Waals surface area contributed by atoms with Gasteiger partial charge in [0.2, 0.25) is 0 Å². The zero-order valence-electron chi connectivity index (χ0n) is 19.4. The van der Waals surface area contributed by atoms with E-state index in [1.165, 1.54) is 24.3 Å². The highest BCUT2D eigenvalue weighted by Crippen LogP contribution is 2.31. The second-order valence-corrected chi connectivity index (χ2v) is 8.86. The van der Waals surface area contributed by atoms with Gasteiger partial charge < -0.3 is 34.5 Å². The molecule has 0 fully saturated rings. The number of carbonyl (C=O) groups excluding carboxylic acids is 2. The fraction of sp³-hybridized carbons (Fsp3) is 0.269. The maximum absolute atomic E-state index is 12.5. The Morgan fingerprint density at radius 3 is 2.75 bits per heavy atom. The second-order valence-electron chi connectivity index (χ2n) is 8.45. The predicted octanol–water partition coefficient (Wildman–Crippen LogP) is 2.83. The molecule has 0 bridgehead atoms. The highest BCUT2D eigenvalue weighted by molar-refractivity contribution is 6.32. The molecule has 0 saturated heterocycles. The number of fused-ring (bicyclic) bond motifs is 2. The van der Waals surface area contributed by atoms with E-state index in [1.54, 1.807) is 18.3 Å². The molecule has 1 amide bonds. The van der Waals surface area contributed by atoms with Crippen LogP contribution in [0, 0.1) is 0 Å². The van der Waals surface area contributed by atoms with Crippen LogP contribution in [0.4, 0.5) is 0 Å². The van der Waals surface area contributed by atoms with E-state index in [0.717, 1.165) is 18.4 Å². The van der Waals surface area contributed by atoms with Crippen molar-refractivity contribution in [2.24, 2.45) is 0 Å². The Labute approximate surface area is 210 Å². The molecule has 4 rings (SSSR count). The number of benzene rings is 2. The number of phenolic OH excluding ortho intramolecular Hbond substituents is 1. The molecule has 0 aliphatic carbocycles. The molecular weight excluding hydrogens is 488 g/mol. The van der Waals surface area contributed by atoms with Crippen LogP contribution >= 0.6 is 11.6 Å². The second kappa shape index (κ2) is 10.7. The smallest absolute Gasteiger partial charge is 0.336 e. The summed E-state index contributed by atoms with van der Waals surface area (Å²) in [5.41, 5.74) is 1.90. The van der Waals surface area contributed by atoms with Crippen molar-refractivity contribution in [3.63, 3.8) is 0 Å². The number of unbranched alkanes of at least 4 members (excludes halogenated alkanes) is 1. The van der Waals surface area contributed by atoms with E-state index in [9.17, 15) is 24.6 Å². The first kappa shape index (κ1) is 25.1. The number of nitrogens with one attached hydrogen (secondary N) is 2. The number of carbonyl (C=O) groups is 2. The Balaban J connectivity index is 1.46. The first-order valence-corrected chi connectivity index (χ1v) is 11.8. The van der Waals surface area contributed by atoms with Crippen LogP contribution in [0.3, 0.4) is 0 Å². The number of carboxylic acid groups (broad SMARTS) is 1. The van der Waals surface area contributed by atoms with Gasteiger partial charge in [0.25, 0.3) is 5.91 Å². The molecule has 36 heavy (non-hydrogen) atoms. The molecule has 4 aromatic rings. The summed E-state index contributed by atoms with van der Waals surface area (Å²) in [6, 6.07) is 7.84. The van der Waals surface area contributed by atoms with Crippen molar-refractivity contribution < 1.29 is 29.0 Å². The summed E-state index contributed by atoms with van der Waals surface area (Å²) in [4.78, 5) is 39.1. The fourth-order valence-electron chi connectivity index (χ4n) is 4.04. The molecule has 0 saturated carbocycles. The van der Waals surface area contributed by atoms with Gasteiger partial charge in [-0.2, -0.15) is 0 Å². The van der Waals surface area contributed by atoms with Gasteiger partial charge in [0, 0.05) is 41.0 Å².